The van der Waals surface area contributed by atoms with E-state index >= 15 is 0 Å². The van der Waals surface area contributed by atoms with Gasteiger partial charge in [-0.05, 0) is 31.4 Å². The quantitative estimate of drug-likeness (QED) is 0.872. The van der Waals surface area contributed by atoms with Crippen molar-refractivity contribution < 1.29 is 13.6 Å². The first-order valence-corrected chi connectivity index (χ1v) is 6.16. The van der Waals surface area contributed by atoms with E-state index in [2.05, 4.69) is 5.32 Å². The predicted molar refractivity (Wildman–Crippen MR) is 61.6 cm³/mol. The summed E-state index contributed by atoms with van der Waals surface area (Å²) >= 11 is 0. The van der Waals surface area contributed by atoms with Crippen LogP contribution in [0.4, 0.5) is 8.78 Å². The van der Waals surface area contributed by atoms with Gasteiger partial charge in [-0.25, -0.2) is 8.78 Å². The van der Waals surface area contributed by atoms with Crippen LogP contribution < -0.4 is 5.32 Å². The van der Waals surface area contributed by atoms with E-state index in [-0.39, 0.29) is 18.5 Å². The van der Waals surface area contributed by atoms with Gasteiger partial charge in [-0.15, -0.1) is 0 Å². The smallest absolute Gasteiger partial charge is 0.238 e. The number of nitrogens with zero attached hydrogens (tertiary/aromatic N) is 1. The molecule has 1 saturated heterocycles. The summed E-state index contributed by atoms with van der Waals surface area (Å²) < 4.78 is 26.7. The Morgan fingerprint density at radius 3 is 2.67 bits per heavy atom. The molecule has 1 aliphatic carbocycles. The van der Waals surface area contributed by atoms with Crippen molar-refractivity contribution in [2.45, 2.75) is 31.5 Å². The van der Waals surface area contributed by atoms with E-state index in [0.717, 1.165) is 25.3 Å². The van der Waals surface area contributed by atoms with Crippen LogP contribution in [0.25, 0.3) is 0 Å². The molecule has 1 N–H and O–H groups in total. The average molecular weight is 252 g/mol. The highest BCUT2D eigenvalue weighted by Crippen LogP contribution is 2.34. The SMILES string of the molecule is O=C1CNC(c2ccc(F)cc2F)N1C1CCC1. The molecular formula is C13H14F2N2O. The van der Waals surface area contributed by atoms with Gasteiger partial charge in [0, 0.05) is 17.7 Å². The molecule has 0 spiro atoms. The summed E-state index contributed by atoms with van der Waals surface area (Å²) in [6, 6.07) is 3.69. The number of hydrogen-bond donors (Lipinski definition) is 1. The van der Waals surface area contributed by atoms with Crippen LogP contribution in [0.2, 0.25) is 0 Å². The summed E-state index contributed by atoms with van der Waals surface area (Å²) in [5, 5.41) is 3.00. The van der Waals surface area contributed by atoms with Crippen molar-refractivity contribution >= 4 is 5.91 Å². The van der Waals surface area contributed by atoms with Crippen LogP contribution >= 0.6 is 0 Å². The first-order valence-electron chi connectivity index (χ1n) is 6.16. The highest BCUT2D eigenvalue weighted by Gasteiger charge is 2.39. The van der Waals surface area contributed by atoms with Gasteiger partial charge in [0.2, 0.25) is 5.91 Å². The Labute approximate surface area is 104 Å². The molecule has 1 amide bonds. The first-order chi connectivity index (χ1) is 8.66. The van der Waals surface area contributed by atoms with Crippen LogP contribution in [-0.4, -0.2) is 23.4 Å². The van der Waals surface area contributed by atoms with Crippen molar-refractivity contribution in [2.24, 2.45) is 0 Å². The number of rotatable bonds is 2. The van der Waals surface area contributed by atoms with Crippen LogP contribution in [-0.2, 0) is 4.79 Å². The molecule has 2 aliphatic rings. The van der Waals surface area contributed by atoms with Gasteiger partial charge in [0.05, 0.1) is 6.54 Å². The molecule has 0 radical (unpaired) electrons. The average Bonchev–Trinajstić information content (AvgIpc) is 2.59. The molecule has 1 unspecified atom stereocenters. The van der Waals surface area contributed by atoms with Gasteiger partial charge in [-0.1, -0.05) is 0 Å². The minimum Gasteiger partial charge on any atom is -0.319 e. The molecule has 1 aromatic carbocycles. The second-order valence-corrected chi connectivity index (χ2v) is 4.84. The fourth-order valence-electron chi connectivity index (χ4n) is 2.58. The minimum absolute atomic E-state index is 0.00609. The van der Waals surface area contributed by atoms with Crippen LogP contribution in [0.3, 0.4) is 0 Å². The Kier molecular flexibility index (Phi) is 2.78. The lowest BCUT2D eigenvalue weighted by Crippen LogP contribution is -2.43. The second kappa shape index (κ2) is 4.31. The lowest BCUT2D eigenvalue weighted by Gasteiger charge is -2.38. The number of carbonyl (C=O) groups excluding carboxylic acids is 1. The zero-order valence-corrected chi connectivity index (χ0v) is 9.83. The number of benzene rings is 1. The number of carbonyl (C=O) groups is 1. The topological polar surface area (TPSA) is 32.3 Å². The summed E-state index contributed by atoms with van der Waals surface area (Å²) in [5.74, 6) is -1.21. The van der Waals surface area contributed by atoms with Crippen molar-refractivity contribution in [3.05, 3.63) is 35.4 Å². The maximum Gasteiger partial charge on any atom is 0.238 e. The van der Waals surface area contributed by atoms with Gasteiger partial charge < -0.3 is 4.90 Å². The fraction of sp³-hybridized carbons (Fsp3) is 0.462. The molecule has 1 heterocycles. The maximum absolute atomic E-state index is 13.8. The molecule has 1 aromatic rings. The number of halogens is 2. The monoisotopic (exact) mass is 252 g/mol. The number of amides is 1. The molecule has 1 aliphatic heterocycles. The van der Waals surface area contributed by atoms with E-state index < -0.39 is 17.8 Å². The summed E-state index contributed by atoms with van der Waals surface area (Å²) in [6.45, 7) is 0.220. The van der Waals surface area contributed by atoms with Gasteiger partial charge in [0.25, 0.3) is 0 Å². The zero-order valence-electron chi connectivity index (χ0n) is 9.83. The van der Waals surface area contributed by atoms with E-state index in [9.17, 15) is 13.6 Å². The van der Waals surface area contributed by atoms with Gasteiger partial charge in [0.15, 0.2) is 0 Å². The molecule has 0 aromatic heterocycles. The summed E-state index contributed by atoms with van der Waals surface area (Å²) in [5.41, 5.74) is 0.342. The van der Waals surface area contributed by atoms with Crippen molar-refractivity contribution in [1.82, 2.24) is 10.2 Å². The summed E-state index contributed by atoms with van der Waals surface area (Å²) in [6.07, 6.45) is 2.58. The first kappa shape index (κ1) is 11.6. The van der Waals surface area contributed by atoms with Gasteiger partial charge in [-0.2, -0.15) is 0 Å². The highest BCUT2D eigenvalue weighted by atomic mass is 19.1. The normalized spacial score (nSPS) is 24.4. The summed E-state index contributed by atoms with van der Waals surface area (Å²) in [7, 11) is 0. The Bertz CT molecular complexity index is 488. The lowest BCUT2D eigenvalue weighted by atomic mass is 9.90. The standard InChI is InChI=1S/C13H14F2N2O/c14-8-4-5-10(11(15)6-8)13-16-7-12(18)17(13)9-2-1-3-9/h4-6,9,13,16H,1-3,7H2. The Morgan fingerprint density at radius 2 is 2.06 bits per heavy atom. The van der Waals surface area contributed by atoms with Crippen LogP contribution in [0.15, 0.2) is 18.2 Å². The maximum atomic E-state index is 13.8. The van der Waals surface area contributed by atoms with E-state index in [4.69, 9.17) is 0 Å². The fourth-order valence-corrected chi connectivity index (χ4v) is 2.58. The molecule has 2 fully saturated rings. The molecule has 5 heteroatoms. The van der Waals surface area contributed by atoms with Crippen molar-refractivity contribution in [2.75, 3.05) is 6.54 Å². The number of hydrogen-bond acceptors (Lipinski definition) is 2. The van der Waals surface area contributed by atoms with Gasteiger partial charge in [0.1, 0.15) is 17.8 Å². The number of nitrogens with one attached hydrogen (secondary N) is 1. The highest BCUT2D eigenvalue weighted by molar-refractivity contribution is 5.81. The molecule has 1 atom stereocenters. The third-order valence-corrected chi connectivity index (χ3v) is 3.74. The van der Waals surface area contributed by atoms with Crippen LogP contribution in [0, 0.1) is 11.6 Å². The summed E-state index contributed by atoms with van der Waals surface area (Å²) in [4.78, 5) is 13.5. The van der Waals surface area contributed by atoms with Crippen LogP contribution in [0.5, 0.6) is 0 Å². The molecule has 3 nitrogen and oxygen atoms in total. The van der Waals surface area contributed by atoms with Crippen molar-refractivity contribution in [3.8, 4) is 0 Å². The van der Waals surface area contributed by atoms with E-state index in [1.54, 1.807) is 4.90 Å². The zero-order chi connectivity index (χ0) is 12.7. The largest absolute Gasteiger partial charge is 0.319 e. The molecule has 1 saturated carbocycles. The second-order valence-electron chi connectivity index (χ2n) is 4.84. The Balaban J connectivity index is 1.92. The molecule has 3 rings (SSSR count). The van der Waals surface area contributed by atoms with E-state index in [1.165, 1.54) is 12.1 Å². The lowest BCUT2D eigenvalue weighted by molar-refractivity contribution is -0.132. The molecular weight excluding hydrogens is 238 g/mol. The molecule has 18 heavy (non-hydrogen) atoms. The van der Waals surface area contributed by atoms with E-state index in [0.29, 0.717) is 5.56 Å². The predicted octanol–water partition coefficient (Wildman–Crippen LogP) is 1.95. The third kappa shape index (κ3) is 1.79. The van der Waals surface area contributed by atoms with Gasteiger partial charge in [-0.3, -0.25) is 10.1 Å². The van der Waals surface area contributed by atoms with Gasteiger partial charge >= 0.3 is 0 Å². The van der Waals surface area contributed by atoms with Crippen molar-refractivity contribution in [3.63, 3.8) is 0 Å². The third-order valence-electron chi connectivity index (χ3n) is 3.74. The van der Waals surface area contributed by atoms with Crippen LogP contribution in [0.1, 0.15) is 31.0 Å². The minimum atomic E-state index is -0.605. The van der Waals surface area contributed by atoms with E-state index in [1.807, 2.05) is 0 Å². The molecule has 96 valence electrons. The Hall–Kier alpha value is -1.49. The van der Waals surface area contributed by atoms with Crippen molar-refractivity contribution in [1.29, 1.82) is 0 Å². The molecule has 0 bridgehead atoms. The Morgan fingerprint density at radius 1 is 1.28 bits per heavy atom.